The zero-order valence-electron chi connectivity index (χ0n) is 9.21. The molecule has 0 bridgehead atoms. The van der Waals surface area contributed by atoms with Gasteiger partial charge in [-0.1, -0.05) is 0 Å². The van der Waals surface area contributed by atoms with Gasteiger partial charge in [-0.2, -0.15) is 0 Å². The molecule has 0 aromatic heterocycles. The summed E-state index contributed by atoms with van der Waals surface area (Å²) in [6.07, 6.45) is 2.63. The Kier molecular flexibility index (Phi) is 3.48. The van der Waals surface area contributed by atoms with Gasteiger partial charge in [0.1, 0.15) is 5.78 Å². The lowest BCUT2D eigenvalue weighted by atomic mass is 10.1. The minimum absolute atomic E-state index is 0.441. The van der Waals surface area contributed by atoms with E-state index in [2.05, 4.69) is 32.6 Å². The highest BCUT2D eigenvalue weighted by Gasteiger charge is 2.30. The lowest BCUT2D eigenvalue weighted by Gasteiger charge is -2.35. The van der Waals surface area contributed by atoms with E-state index < -0.39 is 0 Å². The van der Waals surface area contributed by atoms with Gasteiger partial charge in [-0.25, -0.2) is 0 Å². The first kappa shape index (κ1) is 10.7. The Labute approximate surface area is 81.3 Å². The smallest absolute Gasteiger partial charge is 0.134 e. The summed E-state index contributed by atoms with van der Waals surface area (Å²) in [4.78, 5) is 13.6. The molecule has 1 rings (SSSR count). The highest BCUT2D eigenvalue weighted by Crippen LogP contribution is 2.24. The Bertz CT molecular complexity index is 179. The molecule has 76 valence electrons. The van der Waals surface area contributed by atoms with Crippen molar-refractivity contribution in [2.75, 3.05) is 0 Å². The van der Waals surface area contributed by atoms with Gasteiger partial charge in [-0.3, -0.25) is 9.69 Å². The average molecular weight is 183 g/mol. The second-order valence-electron chi connectivity index (χ2n) is 4.57. The van der Waals surface area contributed by atoms with Crippen molar-refractivity contribution in [3.63, 3.8) is 0 Å². The fourth-order valence-electron chi connectivity index (χ4n) is 2.49. The molecule has 0 aromatic carbocycles. The first-order valence-corrected chi connectivity index (χ1v) is 5.31. The Morgan fingerprint density at radius 1 is 1.23 bits per heavy atom. The van der Waals surface area contributed by atoms with Crippen LogP contribution in [0.4, 0.5) is 0 Å². The molecule has 0 saturated heterocycles. The first-order valence-electron chi connectivity index (χ1n) is 5.31. The summed E-state index contributed by atoms with van der Waals surface area (Å²) in [5.74, 6) is 0.441. The van der Waals surface area contributed by atoms with Gasteiger partial charge in [0.15, 0.2) is 0 Å². The highest BCUT2D eigenvalue weighted by atomic mass is 16.1. The molecule has 0 heterocycles. The van der Waals surface area contributed by atoms with E-state index in [1.54, 1.807) is 0 Å². The first-order chi connectivity index (χ1) is 6.02. The van der Waals surface area contributed by atoms with Crippen LogP contribution in [0.15, 0.2) is 0 Å². The molecule has 2 heteroatoms. The second-order valence-corrected chi connectivity index (χ2v) is 4.57. The van der Waals surface area contributed by atoms with E-state index in [4.69, 9.17) is 0 Å². The number of nitrogens with zero attached hydrogens (tertiary/aromatic N) is 1. The van der Waals surface area contributed by atoms with Gasteiger partial charge in [-0.05, 0) is 34.1 Å². The van der Waals surface area contributed by atoms with Crippen molar-refractivity contribution in [1.29, 1.82) is 0 Å². The number of hydrogen-bond donors (Lipinski definition) is 0. The minimum Gasteiger partial charge on any atom is -0.300 e. The van der Waals surface area contributed by atoms with Crippen LogP contribution in [0, 0.1) is 0 Å². The summed E-state index contributed by atoms with van der Waals surface area (Å²) in [5.41, 5.74) is 0. The molecular formula is C11H21NO. The summed E-state index contributed by atoms with van der Waals surface area (Å²) >= 11 is 0. The average Bonchev–Trinajstić information content (AvgIpc) is 2.34. The molecule has 1 unspecified atom stereocenters. The van der Waals surface area contributed by atoms with E-state index >= 15 is 0 Å². The molecule has 1 aliphatic carbocycles. The van der Waals surface area contributed by atoms with Crippen molar-refractivity contribution in [1.82, 2.24) is 4.90 Å². The van der Waals surface area contributed by atoms with Gasteiger partial charge in [0, 0.05) is 31.0 Å². The number of carbonyl (C=O) groups is 1. The number of carbonyl (C=O) groups excluding carboxylic acids is 1. The maximum absolute atomic E-state index is 11.2. The molecule has 2 nitrogen and oxygen atoms in total. The summed E-state index contributed by atoms with van der Waals surface area (Å²) in [6.45, 7) is 8.84. The Morgan fingerprint density at radius 2 is 1.77 bits per heavy atom. The third-order valence-corrected chi connectivity index (χ3v) is 2.83. The number of hydrogen-bond acceptors (Lipinski definition) is 2. The van der Waals surface area contributed by atoms with E-state index in [0.29, 0.717) is 23.9 Å². The molecule has 1 aliphatic rings. The molecule has 0 amide bonds. The third-order valence-electron chi connectivity index (χ3n) is 2.83. The summed E-state index contributed by atoms with van der Waals surface area (Å²) in [6, 6.07) is 1.61. The fourth-order valence-corrected chi connectivity index (χ4v) is 2.49. The van der Waals surface area contributed by atoms with Crippen molar-refractivity contribution < 1.29 is 4.79 Å². The predicted octanol–water partition coefficient (Wildman–Crippen LogP) is 2.23. The van der Waals surface area contributed by atoms with Gasteiger partial charge < -0.3 is 0 Å². The minimum atomic E-state index is 0.441. The van der Waals surface area contributed by atoms with Gasteiger partial charge in [0.2, 0.25) is 0 Å². The zero-order valence-corrected chi connectivity index (χ0v) is 9.21. The van der Waals surface area contributed by atoms with Crippen molar-refractivity contribution >= 4 is 5.78 Å². The molecular weight excluding hydrogens is 162 g/mol. The van der Waals surface area contributed by atoms with Crippen LogP contribution in [0.3, 0.4) is 0 Å². The number of rotatable bonds is 3. The van der Waals surface area contributed by atoms with Gasteiger partial charge in [-0.15, -0.1) is 0 Å². The van der Waals surface area contributed by atoms with Crippen LogP contribution in [0.1, 0.15) is 47.0 Å². The molecule has 0 radical (unpaired) electrons. The fraction of sp³-hybridized carbons (Fsp3) is 0.909. The van der Waals surface area contributed by atoms with Crippen LogP contribution in [-0.2, 0) is 4.79 Å². The van der Waals surface area contributed by atoms with E-state index in [0.717, 1.165) is 19.3 Å². The Morgan fingerprint density at radius 3 is 2.08 bits per heavy atom. The topological polar surface area (TPSA) is 20.3 Å². The molecule has 0 aromatic rings. The molecule has 1 saturated carbocycles. The van der Waals surface area contributed by atoms with E-state index in [9.17, 15) is 4.79 Å². The highest BCUT2D eigenvalue weighted by molar-refractivity contribution is 5.81. The number of Topliss-reactive ketones (excluding diaryl/α,β-unsaturated/α-hetero) is 1. The van der Waals surface area contributed by atoms with Crippen LogP contribution >= 0.6 is 0 Å². The Balaban J connectivity index is 2.60. The maximum atomic E-state index is 11.2. The molecule has 1 atom stereocenters. The van der Waals surface area contributed by atoms with Crippen molar-refractivity contribution in [3.8, 4) is 0 Å². The second kappa shape index (κ2) is 4.23. The number of ketones is 1. The van der Waals surface area contributed by atoms with Gasteiger partial charge >= 0.3 is 0 Å². The van der Waals surface area contributed by atoms with E-state index in [-0.39, 0.29) is 0 Å². The van der Waals surface area contributed by atoms with Crippen LogP contribution in [0.5, 0.6) is 0 Å². The lowest BCUT2D eigenvalue weighted by molar-refractivity contribution is -0.117. The normalized spacial score (nSPS) is 23.9. The van der Waals surface area contributed by atoms with Crippen LogP contribution < -0.4 is 0 Å². The van der Waals surface area contributed by atoms with E-state index in [1.165, 1.54) is 0 Å². The summed E-state index contributed by atoms with van der Waals surface area (Å²) < 4.78 is 0. The standard InChI is InChI=1S/C11H21NO/c1-8(2)12(9(3)4)10-5-6-11(13)7-10/h8-10H,5-7H2,1-4H3. The quantitative estimate of drug-likeness (QED) is 0.668. The third kappa shape index (κ3) is 2.53. The Hall–Kier alpha value is -0.370. The van der Waals surface area contributed by atoms with Gasteiger partial charge in [0.05, 0.1) is 0 Å². The van der Waals surface area contributed by atoms with Crippen LogP contribution in [-0.4, -0.2) is 28.8 Å². The largest absolute Gasteiger partial charge is 0.300 e. The summed E-state index contributed by atoms with van der Waals surface area (Å²) in [7, 11) is 0. The monoisotopic (exact) mass is 183 g/mol. The van der Waals surface area contributed by atoms with Gasteiger partial charge in [0.25, 0.3) is 0 Å². The molecule has 1 fully saturated rings. The SMILES string of the molecule is CC(C)N(C(C)C)C1CCC(=O)C1. The van der Waals surface area contributed by atoms with Crippen LogP contribution in [0.2, 0.25) is 0 Å². The molecule has 13 heavy (non-hydrogen) atoms. The molecule has 0 aliphatic heterocycles. The van der Waals surface area contributed by atoms with E-state index in [1.807, 2.05) is 0 Å². The maximum Gasteiger partial charge on any atom is 0.134 e. The van der Waals surface area contributed by atoms with Crippen molar-refractivity contribution in [2.45, 2.75) is 65.1 Å². The van der Waals surface area contributed by atoms with Crippen molar-refractivity contribution in [3.05, 3.63) is 0 Å². The molecule has 0 spiro atoms. The molecule has 0 N–H and O–H groups in total. The lowest BCUT2D eigenvalue weighted by Crippen LogP contribution is -2.43. The summed E-state index contributed by atoms with van der Waals surface area (Å²) in [5, 5.41) is 0. The van der Waals surface area contributed by atoms with Crippen molar-refractivity contribution in [2.24, 2.45) is 0 Å². The van der Waals surface area contributed by atoms with Crippen LogP contribution in [0.25, 0.3) is 0 Å². The zero-order chi connectivity index (χ0) is 10.0. The predicted molar refractivity (Wildman–Crippen MR) is 54.8 cm³/mol.